The van der Waals surface area contributed by atoms with E-state index < -0.39 is 23.9 Å². The summed E-state index contributed by atoms with van der Waals surface area (Å²) in [6, 6.07) is 9.04. The Balaban J connectivity index is 1.63. The molecule has 3 amide bonds. The molecule has 5 N–H and O–H groups in total. The topological polar surface area (TPSA) is 123 Å². The van der Waals surface area contributed by atoms with Crippen LogP contribution in [0.5, 0.6) is 0 Å². The van der Waals surface area contributed by atoms with Crippen molar-refractivity contribution >= 4 is 46.8 Å². The summed E-state index contributed by atoms with van der Waals surface area (Å²) in [7, 11) is 1.18. The van der Waals surface area contributed by atoms with Gasteiger partial charge in [-0.1, -0.05) is 47.5 Å². The molecule has 0 radical (unpaired) electrons. The molecule has 31 heavy (non-hydrogen) atoms. The molecule has 0 saturated heterocycles. The third kappa shape index (κ3) is 5.21. The van der Waals surface area contributed by atoms with Crippen LogP contribution in [0, 0.1) is 0 Å². The number of urea groups is 1. The third-order valence-corrected chi connectivity index (χ3v) is 5.77. The second-order valence-corrected chi connectivity index (χ2v) is 7.80. The van der Waals surface area contributed by atoms with Crippen molar-refractivity contribution in [2.75, 3.05) is 19.4 Å². The number of fused-ring (bicyclic) bond motifs is 1. The molecule has 2 aromatic rings. The Labute approximate surface area is 189 Å². The Morgan fingerprint density at radius 3 is 2.68 bits per heavy atom. The van der Waals surface area contributed by atoms with E-state index in [1.165, 1.54) is 24.8 Å². The smallest absolute Gasteiger partial charge is 0.330 e. The van der Waals surface area contributed by atoms with Gasteiger partial charge in [0.25, 0.3) is 5.91 Å². The predicted octanol–water partition coefficient (Wildman–Crippen LogP) is 2.83. The fourth-order valence-corrected chi connectivity index (χ4v) is 4.00. The summed E-state index contributed by atoms with van der Waals surface area (Å²) < 4.78 is 4.73. The van der Waals surface area contributed by atoms with Gasteiger partial charge in [0.1, 0.15) is 6.04 Å². The summed E-state index contributed by atoms with van der Waals surface area (Å²) in [5.74, 6) is -1.46. The molecular formula is C21H22Cl2N4O4. The Kier molecular flexibility index (Phi) is 7.25. The van der Waals surface area contributed by atoms with E-state index in [1.54, 1.807) is 0 Å². The minimum Gasteiger partial charge on any atom is -0.467 e. The van der Waals surface area contributed by atoms with E-state index in [0.29, 0.717) is 0 Å². The lowest BCUT2D eigenvalue weighted by Gasteiger charge is -2.20. The lowest BCUT2D eigenvalue weighted by molar-refractivity contribution is -0.142. The van der Waals surface area contributed by atoms with Gasteiger partial charge in [0.15, 0.2) is 0 Å². The fourth-order valence-electron chi connectivity index (χ4n) is 3.45. The fraction of sp³-hybridized carbons (Fsp3) is 0.286. The van der Waals surface area contributed by atoms with Crippen LogP contribution < -0.4 is 21.7 Å². The van der Waals surface area contributed by atoms with Gasteiger partial charge in [-0.05, 0) is 36.1 Å². The second-order valence-electron chi connectivity index (χ2n) is 7.02. The van der Waals surface area contributed by atoms with Gasteiger partial charge in [-0.3, -0.25) is 4.79 Å². The Morgan fingerprint density at radius 1 is 1.19 bits per heavy atom. The van der Waals surface area contributed by atoms with Crippen LogP contribution in [-0.2, 0) is 16.0 Å². The summed E-state index contributed by atoms with van der Waals surface area (Å²) >= 11 is 12.1. The number of hydrogen-bond acceptors (Lipinski definition) is 5. The SMILES string of the molecule is COC(=O)[C@H](CNC(=O)NC1CCc2ccccc21)NC(=O)c1c(Cl)ccc(N)c1Cl. The summed E-state index contributed by atoms with van der Waals surface area (Å²) in [5.41, 5.74) is 8.10. The molecule has 164 valence electrons. The highest BCUT2D eigenvalue weighted by atomic mass is 35.5. The summed E-state index contributed by atoms with van der Waals surface area (Å²) in [5, 5.41) is 8.00. The highest BCUT2D eigenvalue weighted by Gasteiger charge is 2.27. The monoisotopic (exact) mass is 464 g/mol. The number of nitrogen functional groups attached to an aromatic ring is 1. The summed E-state index contributed by atoms with van der Waals surface area (Å²) in [6.07, 6.45) is 1.67. The lowest BCUT2D eigenvalue weighted by Crippen LogP contribution is -2.51. The van der Waals surface area contributed by atoms with E-state index in [4.69, 9.17) is 33.7 Å². The van der Waals surface area contributed by atoms with Gasteiger partial charge >= 0.3 is 12.0 Å². The molecule has 0 heterocycles. The Morgan fingerprint density at radius 2 is 1.94 bits per heavy atom. The van der Waals surface area contributed by atoms with Crippen molar-refractivity contribution in [1.29, 1.82) is 0 Å². The highest BCUT2D eigenvalue weighted by Crippen LogP contribution is 2.31. The average Bonchev–Trinajstić information content (AvgIpc) is 3.16. The van der Waals surface area contributed by atoms with Crippen molar-refractivity contribution in [2.24, 2.45) is 0 Å². The number of rotatable bonds is 6. The van der Waals surface area contributed by atoms with Crippen molar-refractivity contribution in [3.63, 3.8) is 0 Å². The van der Waals surface area contributed by atoms with E-state index in [1.807, 2.05) is 24.3 Å². The van der Waals surface area contributed by atoms with Crippen molar-refractivity contribution < 1.29 is 19.1 Å². The summed E-state index contributed by atoms with van der Waals surface area (Å²) in [4.78, 5) is 37.2. The number of amides is 3. The molecule has 0 spiro atoms. The number of aryl methyl sites for hydroxylation is 1. The number of nitrogens with one attached hydrogen (secondary N) is 3. The van der Waals surface area contributed by atoms with Gasteiger partial charge in [0, 0.05) is 0 Å². The van der Waals surface area contributed by atoms with Crippen LogP contribution >= 0.6 is 23.2 Å². The molecule has 1 unspecified atom stereocenters. The third-order valence-electron chi connectivity index (χ3n) is 5.04. The molecule has 2 atom stereocenters. The van der Waals surface area contributed by atoms with Crippen LogP contribution in [0.3, 0.4) is 0 Å². The number of carbonyl (C=O) groups is 3. The molecule has 0 aromatic heterocycles. The zero-order chi connectivity index (χ0) is 22.5. The standard InChI is InChI=1S/C21H22Cl2N4O4/c1-31-20(29)16(26-19(28)17-13(22)7-8-14(24)18(17)23)10-25-21(30)27-15-9-6-11-4-2-3-5-12(11)15/h2-5,7-8,15-16H,6,9-10,24H2,1H3,(H,26,28)(H2,25,27,30)/t15?,16-/m0/s1. The zero-order valence-electron chi connectivity index (χ0n) is 16.7. The number of hydrogen-bond donors (Lipinski definition) is 4. The van der Waals surface area contributed by atoms with E-state index in [-0.39, 0.29) is 33.9 Å². The zero-order valence-corrected chi connectivity index (χ0v) is 18.2. The van der Waals surface area contributed by atoms with Crippen LogP contribution in [-0.4, -0.2) is 37.6 Å². The van der Waals surface area contributed by atoms with Crippen LogP contribution in [0.1, 0.15) is 33.9 Å². The maximum atomic E-state index is 12.7. The van der Waals surface area contributed by atoms with E-state index in [9.17, 15) is 14.4 Å². The predicted molar refractivity (Wildman–Crippen MR) is 118 cm³/mol. The molecule has 8 nitrogen and oxygen atoms in total. The molecule has 0 saturated carbocycles. The number of nitrogens with two attached hydrogens (primary N) is 1. The Bertz CT molecular complexity index is 1010. The quantitative estimate of drug-likeness (QED) is 0.386. The molecular weight excluding hydrogens is 443 g/mol. The summed E-state index contributed by atoms with van der Waals surface area (Å²) in [6.45, 7) is -0.198. The largest absolute Gasteiger partial charge is 0.467 e. The molecule has 1 aliphatic carbocycles. The maximum Gasteiger partial charge on any atom is 0.330 e. The highest BCUT2D eigenvalue weighted by molar-refractivity contribution is 6.41. The minimum atomic E-state index is -1.16. The van der Waals surface area contributed by atoms with Crippen molar-refractivity contribution in [2.45, 2.75) is 24.9 Å². The normalized spacial score (nSPS) is 15.5. The number of methoxy groups -OCH3 is 1. The molecule has 0 bridgehead atoms. The molecule has 3 rings (SSSR count). The number of halogens is 2. The van der Waals surface area contributed by atoms with Crippen LogP contribution in [0.2, 0.25) is 10.0 Å². The second kappa shape index (κ2) is 9.89. The van der Waals surface area contributed by atoms with Gasteiger partial charge < -0.3 is 26.4 Å². The number of ether oxygens (including phenoxy) is 1. The van der Waals surface area contributed by atoms with Crippen LogP contribution in [0.4, 0.5) is 10.5 Å². The lowest BCUT2D eigenvalue weighted by atomic mass is 10.1. The van der Waals surface area contributed by atoms with E-state index in [2.05, 4.69) is 16.0 Å². The number of anilines is 1. The van der Waals surface area contributed by atoms with Gasteiger partial charge in [-0.2, -0.15) is 0 Å². The van der Waals surface area contributed by atoms with Gasteiger partial charge in [0.2, 0.25) is 0 Å². The minimum absolute atomic E-state index is 0.0285. The molecule has 10 heteroatoms. The first-order chi connectivity index (χ1) is 14.8. The molecule has 1 aliphatic rings. The van der Waals surface area contributed by atoms with Gasteiger partial charge in [-0.15, -0.1) is 0 Å². The van der Waals surface area contributed by atoms with E-state index in [0.717, 1.165) is 18.4 Å². The first-order valence-corrected chi connectivity index (χ1v) is 10.3. The van der Waals surface area contributed by atoms with Crippen molar-refractivity contribution in [1.82, 2.24) is 16.0 Å². The van der Waals surface area contributed by atoms with Crippen molar-refractivity contribution in [3.8, 4) is 0 Å². The van der Waals surface area contributed by atoms with Crippen LogP contribution in [0.25, 0.3) is 0 Å². The average molecular weight is 465 g/mol. The van der Waals surface area contributed by atoms with Crippen LogP contribution in [0.15, 0.2) is 36.4 Å². The van der Waals surface area contributed by atoms with Gasteiger partial charge in [-0.25, -0.2) is 9.59 Å². The first kappa shape index (κ1) is 22.7. The van der Waals surface area contributed by atoms with E-state index >= 15 is 0 Å². The Hall–Kier alpha value is -2.97. The van der Waals surface area contributed by atoms with Crippen molar-refractivity contribution in [3.05, 3.63) is 63.1 Å². The van der Waals surface area contributed by atoms with Gasteiger partial charge in [0.05, 0.1) is 41.0 Å². The first-order valence-electron chi connectivity index (χ1n) is 9.56. The molecule has 0 fully saturated rings. The maximum absolute atomic E-state index is 12.7. The molecule has 2 aromatic carbocycles. The number of carbonyl (C=O) groups excluding carboxylic acids is 3. The number of benzene rings is 2. The number of esters is 1. The molecule has 0 aliphatic heterocycles.